The lowest BCUT2D eigenvalue weighted by molar-refractivity contribution is 0.301. The predicted molar refractivity (Wildman–Crippen MR) is 115 cm³/mol. The van der Waals surface area contributed by atoms with E-state index in [2.05, 4.69) is 11.3 Å². The smallest absolute Gasteiger partial charge is 0.123 e. The van der Waals surface area contributed by atoms with Crippen molar-refractivity contribution in [1.29, 1.82) is 5.41 Å². The second-order valence-electron chi connectivity index (χ2n) is 6.29. The molecule has 0 aliphatic heterocycles. The SMILES string of the molecule is C=C(C)\C(=C/C=C(C)/C=C(\NSCCCc1ccc(F)cc1)C(C)=N)OC. The highest BCUT2D eigenvalue weighted by atomic mass is 32.2. The summed E-state index contributed by atoms with van der Waals surface area (Å²) in [5, 5.41) is 7.94. The molecule has 1 aromatic rings. The predicted octanol–water partition coefficient (Wildman–Crippen LogP) is 5.97. The van der Waals surface area contributed by atoms with Crippen LogP contribution in [0.4, 0.5) is 4.39 Å². The molecule has 27 heavy (non-hydrogen) atoms. The maximum atomic E-state index is 12.9. The Balaban J connectivity index is 2.55. The van der Waals surface area contributed by atoms with Crippen molar-refractivity contribution in [3.8, 4) is 0 Å². The van der Waals surface area contributed by atoms with Crippen molar-refractivity contribution in [2.75, 3.05) is 12.9 Å². The van der Waals surface area contributed by atoms with Crippen molar-refractivity contribution in [2.24, 2.45) is 0 Å². The molecular formula is C22H29FN2OS. The summed E-state index contributed by atoms with van der Waals surface area (Å²) in [6.45, 7) is 9.50. The van der Waals surface area contributed by atoms with Gasteiger partial charge in [0, 0.05) is 5.75 Å². The maximum absolute atomic E-state index is 12.9. The minimum absolute atomic E-state index is 0.204. The summed E-state index contributed by atoms with van der Waals surface area (Å²) in [7, 11) is 1.62. The van der Waals surface area contributed by atoms with E-state index < -0.39 is 0 Å². The van der Waals surface area contributed by atoms with E-state index in [1.807, 2.05) is 44.2 Å². The summed E-state index contributed by atoms with van der Waals surface area (Å²) in [4.78, 5) is 0. The van der Waals surface area contributed by atoms with E-state index in [0.717, 1.165) is 46.8 Å². The number of methoxy groups -OCH3 is 1. The van der Waals surface area contributed by atoms with Gasteiger partial charge < -0.3 is 14.9 Å². The van der Waals surface area contributed by atoms with Crippen molar-refractivity contribution >= 4 is 17.7 Å². The molecule has 0 heterocycles. The number of halogens is 1. The lowest BCUT2D eigenvalue weighted by atomic mass is 10.1. The third kappa shape index (κ3) is 9.29. The van der Waals surface area contributed by atoms with Crippen molar-refractivity contribution in [2.45, 2.75) is 33.6 Å². The topological polar surface area (TPSA) is 45.1 Å². The van der Waals surface area contributed by atoms with E-state index in [4.69, 9.17) is 10.1 Å². The standard InChI is InChI=1S/C22H29FN2OS/c1-16(2)22(26-5)13-8-17(3)15-21(18(4)24)25-27-14-6-7-19-9-11-20(23)12-10-19/h8-13,15,24-25H,1,6-7,14H2,2-5H3/b17-8+,21-15-,22-13+,24-18?. The summed E-state index contributed by atoms with van der Waals surface area (Å²) in [6.07, 6.45) is 7.64. The summed E-state index contributed by atoms with van der Waals surface area (Å²) in [5.41, 5.74) is 4.26. The van der Waals surface area contributed by atoms with Gasteiger partial charge in [-0.2, -0.15) is 0 Å². The van der Waals surface area contributed by atoms with Crippen LogP contribution in [0.1, 0.15) is 32.8 Å². The van der Waals surface area contributed by atoms with E-state index in [1.54, 1.807) is 26.0 Å². The first-order valence-electron chi connectivity index (χ1n) is 8.81. The number of hydrogen-bond donors (Lipinski definition) is 2. The number of rotatable bonds is 11. The Kier molecular flexibility index (Phi) is 10.3. The summed E-state index contributed by atoms with van der Waals surface area (Å²) < 4.78 is 21.4. The van der Waals surface area contributed by atoms with E-state index in [0.29, 0.717) is 5.71 Å². The molecule has 0 atom stereocenters. The number of hydrogen-bond acceptors (Lipinski definition) is 4. The Morgan fingerprint density at radius 1 is 1.22 bits per heavy atom. The van der Waals surface area contributed by atoms with Gasteiger partial charge in [0.05, 0.1) is 18.5 Å². The second-order valence-corrected chi connectivity index (χ2v) is 7.19. The Hall–Kier alpha value is -2.27. The van der Waals surface area contributed by atoms with Gasteiger partial charge in [0.15, 0.2) is 0 Å². The molecule has 0 spiro atoms. The molecule has 0 fully saturated rings. The zero-order chi connectivity index (χ0) is 20.2. The molecular weight excluding hydrogens is 359 g/mol. The van der Waals surface area contributed by atoms with Crippen LogP contribution in [0, 0.1) is 11.2 Å². The second kappa shape index (κ2) is 12.2. The Morgan fingerprint density at radius 3 is 2.44 bits per heavy atom. The van der Waals surface area contributed by atoms with Crippen LogP contribution in [0.25, 0.3) is 0 Å². The highest BCUT2D eigenvalue weighted by molar-refractivity contribution is 7.97. The van der Waals surface area contributed by atoms with Crippen LogP contribution in [0.3, 0.4) is 0 Å². The minimum Gasteiger partial charge on any atom is -0.497 e. The molecule has 1 aromatic carbocycles. The van der Waals surface area contributed by atoms with Crippen LogP contribution in [0.2, 0.25) is 0 Å². The average molecular weight is 389 g/mol. The molecule has 0 aliphatic carbocycles. The minimum atomic E-state index is -0.204. The molecule has 0 amide bonds. The first-order valence-corrected chi connectivity index (χ1v) is 9.80. The quantitative estimate of drug-likeness (QED) is 0.161. The molecule has 0 unspecified atom stereocenters. The molecule has 3 nitrogen and oxygen atoms in total. The third-order valence-corrected chi connectivity index (χ3v) is 4.58. The zero-order valence-electron chi connectivity index (χ0n) is 16.6. The average Bonchev–Trinajstić information content (AvgIpc) is 2.62. The number of allylic oxidation sites excluding steroid dienone is 6. The first-order chi connectivity index (χ1) is 12.8. The van der Waals surface area contributed by atoms with Crippen LogP contribution in [-0.2, 0) is 11.2 Å². The molecule has 0 aromatic heterocycles. The molecule has 0 radical (unpaired) electrons. The van der Waals surface area contributed by atoms with Crippen molar-refractivity contribution in [3.05, 3.63) is 83.1 Å². The van der Waals surface area contributed by atoms with Gasteiger partial charge >= 0.3 is 0 Å². The van der Waals surface area contributed by atoms with Crippen LogP contribution >= 0.6 is 11.9 Å². The van der Waals surface area contributed by atoms with Gasteiger partial charge in [0.1, 0.15) is 11.6 Å². The van der Waals surface area contributed by atoms with E-state index in [-0.39, 0.29) is 5.82 Å². The van der Waals surface area contributed by atoms with Crippen molar-refractivity contribution < 1.29 is 9.13 Å². The number of aryl methyl sites for hydroxylation is 1. The first kappa shape index (κ1) is 22.8. The van der Waals surface area contributed by atoms with Gasteiger partial charge in [-0.15, -0.1) is 0 Å². The fourth-order valence-electron chi connectivity index (χ4n) is 2.21. The molecule has 0 aliphatic rings. The molecule has 0 saturated carbocycles. The van der Waals surface area contributed by atoms with Crippen LogP contribution in [0.5, 0.6) is 0 Å². The van der Waals surface area contributed by atoms with Gasteiger partial charge in [-0.1, -0.05) is 36.7 Å². The summed E-state index contributed by atoms with van der Waals surface area (Å²) in [5.74, 6) is 1.43. The summed E-state index contributed by atoms with van der Waals surface area (Å²) in [6, 6.07) is 6.63. The molecule has 146 valence electrons. The van der Waals surface area contributed by atoms with Crippen molar-refractivity contribution in [1.82, 2.24) is 4.72 Å². The van der Waals surface area contributed by atoms with Gasteiger partial charge in [-0.25, -0.2) is 4.39 Å². The molecule has 0 saturated heterocycles. The molecule has 5 heteroatoms. The zero-order valence-corrected chi connectivity index (χ0v) is 17.4. The molecule has 0 bridgehead atoms. The van der Waals surface area contributed by atoms with E-state index >= 15 is 0 Å². The lowest BCUT2D eigenvalue weighted by Crippen LogP contribution is -2.12. The number of nitrogens with one attached hydrogen (secondary N) is 2. The van der Waals surface area contributed by atoms with Gasteiger partial charge in [-0.05, 0) is 74.6 Å². The normalized spacial score (nSPS) is 12.7. The van der Waals surface area contributed by atoms with Crippen molar-refractivity contribution in [3.63, 3.8) is 0 Å². The number of ether oxygens (including phenoxy) is 1. The summed E-state index contributed by atoms with van der Waals surface area (Å²) >= 11 is 1.57. The largest absolute Gasteiger partial charge is 0.497 e. The van der Waals surface area contributed by atoms with E-state index in [9.17, 15) is 4.39 Å². The van der Waals surface area contributed by atoms with Crippen LogP contribution in [-0.4, -0.2) is 18.6 Å². The fourth-order valence-corrected chi connectivity index (χ4v) is 2.97. The highest BCUT2D eigenvalue weighted by Crippen LogP contribution is 2.12. The van der Waals surface area contributed by atoms with E-state index in [1.165, 1.54) is 12.1 Å². The Bertz CT molecular complexity index is 733. The third-order valence-electron chi connectivity index (χ3n) is 3.72. The maximum Gasteiger partial charge on any atom is 0.123 e. The van der Waals surface area contributed by atoms with Gasteiger partial charge in [-0.3, -0.25) is 0 Å². The molecule has 1 rings (SSSR count). The van der Waals surface area contributed by atoms with Crippen LogP contribution in [0.15, 0.2) is 71.7 Å². The lowest BCUT2D eigenvalue weighted by Gasteiger charge is -2.09. The fraction of sp³-hybridized carbons (Fsp3) is 0.318. The highest BCUT2D eigenvalue weighted by Gasteiger charge is 2.01. The molecule has 2 N–H and O–H groups in total. The number of benzene rings is 1. The Labute approximate surface area is 166 Å². The Morgan fingerprint density at radius 2 is 1.89 bits per heavy atom. The van der Waals surface area contributed by atoms with Gasteiger partial charge in [0.2, 0.25) is 0 Å². The monoisotopic (exact) mass is 388 g/mol. The van der Waals surface area contributed by atoms with Crippen LogP contribution < -0.4 is 4.72 Å². The van der Waals surface area contributed by atoms with Gasteiger partial charge in [0.25, 0.3) is 0 Å².